The van der Waals surface area contributed by atoms with Gasteiger partial charge in [-0.3, -0.25) is 19.2 Å². The molecule has 0 bridgehead atoms. The maximum Gasteiger partial charge on any atom is 0.325 e. The molecule has 0 radical (unpaired) electrons. The van der Waals surface area contributed by atoms with Gasteiger partial charge in [0.15, 0.2) is 10.8 Å². The number of fused-ring (bicyclic) bond motifs is 1. The number of aliphatic hydroxyl groups excluding tert-OH is 2. The van der Waals surface area contributed by atoms with E-state index in [2.05, 4.69) is 70.1 Å². The van der Waals surface area contributed by atoms with Crippen molar-refractivity contribution in [2.24, 2.45) is 10.8 Å². The Bertz CT molecular complexity index is 1660. The molecule has 0 heterocycles. The van der Waals surface area contributed by atoms with Gasteiger partial charge in [-0.25, -0.2) is 0 Å². The Labute approximate surface area is 388 Å². The molecule has 1 aromatic rings. The molecule has 0 saturated carbocycles. The van der Waals surface area contributed by atoms with Gasteiger partial charge in [0.05, 0.1) is 33.0 Å². The molecule has 0 atom stereocenters. The average Bonchev–Trinajstić information content (AvgIpc) is 3.70. The lowest BCUT2D eigenvalue weighted by Gasteiger charge is -2.25. The fourth-order valence-corrected chi connectivity index (χ4v) is 7.62. The van der Waals surface area contributed by atoms with Crippen LogP contribution in [0.3, 0.4) is 0 Å². The first-order valence-electron chi connectivity index (χ1n) is 24.4. The van der Waals surface area contributed by atoms with E-state index < -0.39 is 34.7 Å². The third kappa shape index (κ3) is 19.0. The van der Waals surface area contributed by atoms with Crippen molar-refractivity contribution < 1.29 is 48.3 Å². The molecule has 0 aliphatic heterocycles. The largest absolute Gasteiger partial charge is 0.465 e. The number of carbonyl (C=O) groups is 4. The second-order valence-corrected chi connectivity index (χ2v) is 15.8. The lowest BCUT2D eigenvalue weighted by molar-refractivity contribution is -0.173. The Kier molecular flexibility index (Phi) is 33.6. The van der Waals surface area contributed by atoms with Crippen LogP contribution in [0, 0.1) is 46.4 Å². The Morgan fingerprint density at radius 3 is 1.28 bits per heavy atom. The summed E-state index contributed by atoms with van der Waals surface area (Å²) in [7, 11) is 0. The first-order chi connectivity index (χ1) is 30.9. The van der Waals surface area contributed by atoms with Crippen LogP contribution in [0.15, 0.2) is 0 Å². The predicted molar refractivity (Wildman–Crippen MR) is 256 cm³/mol. The number of hydrogen-bond acceptors (Lipinski definition) is 10. The summed E-state index contributed by atoms with van der Waals surface area (Å²) >= 11 is 0. The van der Waals surface area contributed by atoms with Crippen LogP contribution in [0.25, 0.3) is 0 Å². The molecule has 0 spiro atoms. The Morgan fingerprint density at radius 1 is 0.500 bits per heavy atom. The van der Waals surface area contributed by atoms with Gasteiger partial charge in [0.25, 0.3) is 0 Å². The first kappa shape index (κ1) is 59.7. The summed E-state index contributed by atoms with van der Waals surface area (Å²) in [6.45, 7) is 20.8. The van der Waals surface area contributed by atoms with Gasteiger partial charge in [0, 0.05) is 58.0 Å². The second kappa shape index (κ2) is 36.0. The molecule has 0 aromatic heterocycles. The monoisotopic (exact) mass is 893 g/mol. The van der Waals surface area contributed by atoms with E-state index >= 15 is 0 Å². The van der Waals surface area contributed by atoms with Crippen LogP contribution in [-0.4, -0.2) is 73.7 Å². The molecule has 2 N–H and O–H groups in total. The van der Waals surface area contributed by atoms with Gasteiger partial charge in [-0.2, -0.15) is 0 Å². The van der Waals surface area contributed by atoms with Crippen molar-refractivity contribution >= 4 is 23.9 Å². The van der Waals surface area contributed by atoms with E-state index in [1.54, 1.807) is 27.7 Å². The van der Waals surface area contributed by atoms with Gasteiger partial charge in [-0.15, -0.1) is 35.5 Å². The highest BCUT2D eigenvalue weighted by Gasteiger charge is 2.54. The molecule has 0 fully saturated rings. The summed E-state index contributed by atoms with van der Waals surface area (Å²) in [5.74, 6) is 15.5. The maximum atomic E-state index is 13.2. The Hall–Kier alpha value is -4.30. The van der Waals surface area contributed by atoms with Crippen LogP contribution in [0.5, 0.6) is 0 Å². The van der Waals surface area contributed by atoms with E-state index in [-0.39, 0.29) is 52.5 Å². The molecular formula is C54H84O10. The molecule has 0 saturated heterocycles. The number of ether oxygens (including phenoxy) is 4. The highest BCUT2D eigenvalue weighted by Crippen LogP contribution is 2.46. The smallest absolute Gasteiger partial charge is 0.325 e. The lowest BCUT2D eigenvalue weighted by Crippen LogP contribution is -2.43. The number of unbranched alkanes of at least 4 members (excludes halogenated alkanes) is 6. The highest BCUT2D eigenvalue weighted by atomic mass is 16.6. The van der Waals surface area contributed by atoms with E-state index in [1.807, 2.05) is 6.92 Å². The minimum atomic E-state index is -1.45. The van der Waals surface area contributed by atoms with Gasteiger partial charge in [-0.05, 0) is 112 Å². The summed E-state index contributed by atoms with van der Waals surface area (Å²) < 4.78 is 21.2. The summed E-state index contributed by atoms with van der Waals surface area (Å²) in [6, 6.07) is 0. The molecule has 10 heteroatoms. The second-order valence-electron chi connectivity index (χ2n) is 15.8. The molecule has 1 aliphatic carbocycles. The zero-order valence-corrected chi connectivity index (χ0v) is 41.5. The van der Waals surface area contributed by atoms with Crippen molar-refractivity contribution in [2.45, 2.75) is 198 Å². The molecular weight excluding hydrogens is 809 g/mol. The number of rotatable bonds is 24. The van der Waals surface area contributed by atoms with Crippen LogP contribution in [0.2, 0.25) is 0 Å². The normalized spacial score (nSPS) is 11.9. The Morgan fingerprint density at radius 2 is 0.922 bits per heavy atom. The van der Waals surface area contributed by atoms with Crippen LogP contribution >= 0.6 is 0 Å². The van der Waals surface area contributed by atoms with Crippen molar-refractivity contribution in [3.05, 3.63) is 33.4 Å². The molecule has 64 heavy (non-hydrogen) atoms. The molecule has 1 aliphatic rings. The predicted octanol–water partition coefficient (Wildman–Crippen LogP) is 9.73. The van der Waals surface area contributed by atoms with Gasteiger partial charge < -0.3 is 29.2 Å². The number of benzene rings is 1. The standard InChI is InChI=1S/C27H42O5.C21H32O4.C6H10O/c1-6-11-13-20-19(8-3)22(15-16-28)21(14-12-7-2)24-18-27(17-23(20)24,25(29)31-9-4)26(30)32-10-5;1-5-9-11-13-15-17-21(19(22)24-7-3,20(23)25-8-4)18-16-14-12-10-6-2;1-2-3-4-5-6-7/h28H,6-18H2,1-5H3;5-12,17-18H2,1-4H3;7H,2,5-6H2,1H3. The SMILES string of the molecule is CCC#CCCO.CCCCC#CCC(CC#CCCCC)(C(=O)OCC)C(=O)OCC.CCCCc1c(CC)c(CCO)c(CCCC)c2c1CC(C(=O)OCC)(C(=O)OCC)C2. The van der Waals surface area contributed by atoms with E-state index in [4.69, 9.17) is 24.1 Å². The van der Waals surface area contributed by atoms with Crippen molar-refractivity contribution in [3.8, 4) is 35.5 Å². The zero-order valence-electron chi connectivity index (χ0n) is 41.5. The van der Waals surface area contributed by atoms with Crippen LogP contribution in [-0.2, 0) is 76.7 Å². The summed E-state index contributed by atoms with van der Waals surface area (Å²) in [5.41, 5.74) is 4.59. The Balaban J connectivity index is 0.00000110. The number of aliphatic hydroxyl groups is 2. The molecule has 0 unspecified atom stereocenters. The molecule has 1 aromatic carbocycles. The number of esters is 4. The molecule has 2 rings (SSSR count). The van der Waals surface area contributed by atoms with Crippen LogP contribution in [0.1, 0.15) is 193 Å². The van der Waals surface area contributed by atoms with Gasteiger partial charge >= 0.3 is 23.9 Å². The van der Waals surface area contributed by atoms with E-state index in [0.717, 1.165) is 101 Å². The first-order valence-corrected chi connectivity index (χ1v) is 24.4. The van der Waals surface area contributed by atoms with Gasteiger partial charge in [-0.1, -0.05) is 67.2 Å². The number of hydrogen-bond donors (Lipinski definition) is 2. The van der Waals surface area contributed by atoms with Gasteiger partial charge in [0.1, 0.15) is 0 Å². The molecule has 360 valence electrons. The van der Waals surface area contributed by atoms with Crippen molar-refractivity contribution in [2.75, 3.05) is 39.6 Å². The fraction of sp³-hybridized carbons (Fsp3) is 0.704. The zero-order chi connectivity index (χ0) is 48.2. The van der Waals surface area contributed by atoms with Crippen molar-refractivity contribution in [3.63, 3.8) is 0 Å². The minimum absolute atomic E-state index is 0.0802. The van der Waals surface area contributed by atoms with Crippen molar-refractivity contribution in [1.82, 2.24) is 0 Å². The van der Waals surface area contributed by atoms with E-state index in [1.165, 1.54) is 22.3 Å². The number of carbonyl (C=O) groups excluding carboxylic acids is 4. The topological polar surface area (TPSA) is 146 Å². The summed E-state index contributed by atoms with van der Waals surface area (Å²) in [5, 5.41) is 18.1. The van der Waals surface area contributed by atoms with Crippen molar-refractivity contribution in [1.29, 1.82) is 0 Å². The van der Waals surface area contributed by atoms with Crippen LogP contribution < -0.4 is 0 Å². The maximum absolute atomic E-state index is 13.2. The summed E-state index contributed by atoms with van der Waals surface area (Å²) in [6.07, 6.45) is 15.5. The molecule has 0 amide bonds. The van der Waals surface area contributed by atoms with Crippen LogP contribution in [0.4, 0.5) is 0 Å². The molecule has 10 nitrogen and oxygen atoms in total. The lowest BCUT2D eigenvalue weighted by atomic mass is 9.81. The summed E-state index contributed by atoms with van der Waals surface area (Å²) in [4.78, 5) is 51.5. The van der Waals surface area contributed by atoms with E-state index in [0.29, 0.717) is 25.7 Å². The fourth-order valence-electron chi connectivity index (χ4n) is 7.62. The average molecular weight is 893 g/mol. The van der Waals surface area contributed by atoms with Gasteiger partial charge in [0.2, 0.25) is 0 Å². The van der Waals surface area contributed by atoms with E-state index in [9.17, 15) is 24.3 Å². The highest BCUT2D eigenvalue weighted by molar-refractivity contribution is 6.02. The third-order valence-corrected chi connectivity index (χ3v) is 11.0. The minimum Gasteiger partial charge on any atom is -0.465 e. The third-order valence-electron chi connectivity index (χ3n) is 11.0. The quantitative estimate of drug-likeness (QED) is 0.0338.